The van der Waals surface area contributed by atoms with E-state index in [0.717, 1.165) is 5.56 Å². The quantitative estimate of drug-likeness (QED) is 0.533. The third kappa shape index (κ3) is 3.62. The van der Waals surface area contributed by atoms with Gasteiger partial charge in [-0.25, -0.2) is 4.79 Å². The second-order valence-corrected chi connectivity index (χ2v) is 4.73. The molecule has 0 amide bonds. The van der Waals surface area contributed by atoms with Crippen molar-refractivity contribution in [2.45, 2.75) is 20.5 Å². The van der Waals surface area contributed by atoms with Gasteiger partial charge in [0, 0.05) is 17.3 Å². The Kier molecular flexibility index (Phi) is 5.23. The minimum atomic E-state index is -0.607. The van der Waals surface area contributed by atoms with Gasteiger partial charge in [-0.1, -0.05) is 5.92 Å². The van der Waals surface area contributed by atoms with Gasteiger partial charge < -0.3 is 9.84 Å². The number of carbonyl (C=O) groups excluding carboxylic acids is 2. The van der Waals surface area contributed by atoms with E-state index in [0.29, 0.717) is 23.1 Å². The number of aliphatic hydroxyl groups is 1. The van der Waals surface area contributed by atoms with Crippen molar-refractivity contribution in [1.82, 2.24) is 4.98 Å². The molecule has 0 saturated carbocycles. The van der Waals surface area contributed by atoms with E-state index in [1.165, 1.54) is 6.20 Å². The third-order valence-electron chi connectivity index (χ3n) is 3.21. The normalized spacial score (nSPS) is 9.70. The van der Waals surface area contributed by atoms with Gasteiger partial charge in [-0.05, 0) is 38.1 Å². The molecule has 1 N–H and O–H groups in total. The Hall–Kier alpha value is -2.97. The molecule has 2 rings (SSSR count). The van der Waals surface area contributed by atoms with Crippen molar-refractivity contribution in [3.8, 4) is 17.6 Å². The van der Waals surface area contributed by atoms with E-state index in [1.54, 1.807) is 38.1 Å². The van der Waals surface area contributed by atoms with E-state index in [1.807, 2.05) is 0 Å². The maximum absolute atomic E-state index is 12.2. The monoisotopic (exact) mass is 309 g/mol. The van der Waals surface area contributed by atoms with E-state index >= 15 is 0 Å². The van der Waals surface area contributed by atoms with Crippen molar-refractivity contribution < 1.29 is 19.4 Å². The number of hydrogen-bond acceptors (Lipinski definition) is 5. The summed E-state index contributed by atoms with van der Waals surface area (Å²) in [5.74, 6) is 5.11. The number of pyridine rings is 1. The molecule has 2 aromatic rings. The van der Waals surface area contributed by atoms with Gasteiger partial charge in [-0.3, -0.25) is 9.78 Å². The Labute approximate surface area is 133 Å². The maximum atomic E-state index is 12.2. The molecule has 0 aliphatic carbocycles. The number of ether oxygens (including phenoxy) is 1. The van der Waals surface area contributed by atoms with Crippen LogP contribution in [0.5, 0.6) is 5.75 Å². The number of hydrogen-bond donors (Lipinski definition) is 1. The summed E-state index contributed by atoms with van der Waals surface area (Å²) in [7, 11) is 0. The van der Waals surface area contributed by atoms with Crippen LogP contribution < -0.4 is 4.74 Å². The zero-order chi connectivity index (χ0) is 16.8. The molecular weight excluding hydrogens is 294 g/mol. The standard InChI is InChI=1S/C18H15NO4/c1-3-4-13-5-7-14(8-6-13)18(22)23-17-12(2)19-9-15(10-20)16(17)11-21/h5-9,11,20H,10H2,1-2H3. The summed E-state index contributed by atoms with van der Waals surface area (Å²) in [6.45, 7) is 2.99. The highest BCUT2D eigenvalue weighted by Crippen LogP contribution is 2.24. The van der Waals surface area contributed by atoms with E-state index in [9.17, 15) is 14.7 Å². The minimum absolute atomic E-state index is 0.0639. The van der Waals surface area contributed by atoms with Crippen molar-refractivity contribution in [2.75, 3.05) is 0 Å². The summed E-state index contributed by atoms with van der Waals surface area (Å²) in [6.07, 6.45) is 1.93. The van der Waals surface area contributed by atoms with Crippen LogP contribution in [0, 0.1) is 18.8 Å². The summed E-state index contributed by atoms with van der Waals surface area (Å²) in [5.41, 5.74) is 1.95. The van der Waals surface area contributed by atoms with Crippen molar-refractivity contribution in [3.63, 3.8) is 0 Å². The predicted octanol–water partition coefficient (Wildman–Crippen LogP) is 2.29. The van der Waals surface area contributed by atoms with Crippen LogP contribution in [0.2, 0.25) is 0 Å². The highest BCUT2D eigenvalue weighted by atomic mass is 16.5. The molecular formula is C18H15NO4. The van der Waals surface area contributed by atoms with Crippen LogP contribution in [0.15, 0.2) is 30.5 Å². The molecule has 0 unspecified atom stereocenters. The molecule has 0 fully saturated rings. The van der Waals surface area contributed by atoms with Crippen molar-refractivity contribution in [1.29, 1.82) is 0 Å². The first kappa shape index (κ1) is 16.4. The summed E-state index contributed by atoms with van der Waals surface area (Å²) in [4.78, 5) is 27.5. The lowest BCUT2D eigenvalue weighted by Gasteiger charge is -2.11. The lowest BCUT2D eigenvalue weighted by molar-refractivity contribution is 0.0731. The maximum Gasteiger partial charge on any atom is 0.343 e. The molecule has 1 aromatic carbocycles. The number of aliphatic hydroxyl groups excluding tert-OH is 1. The second kappa shape index (κ2) is 7.34. The largest absolute Gasteiger partial charge is 0.420 e. The fourth-order valence-electron chi connectivity index (χ4n) is 2.01. The van der Waals surface area contributed by atoms with E-state index in [4.69, 9.17) is 4.74 Å². The van der Waals surface area contributed by atoms with E-state index in [-0.39, 0.29) is 17.9 Å². The van der Waals surface area contributed by atoms with Crippen molar-refractivity contribution in [3.05, 3.63) is 58.4 Å². The van der Waals surface area contributed by atoms with Crippen LogP contribution in [0.1, 0.15) is 44.5 Å². The van der Waals surface area contributed by atoms with Crippen LogP contribution in [0.3, 0.4) is 0 Å². The molecule has 0 aliphatic rings. The molecule has 116 valence electrons. The SMILES string of the molecule is CC#Cc1ccc(C(=O)Oc2c(C)ncc(CO)c2C=O)cc1. The van der Waals surface area contributed by atoms with Crippen LogP contribution >= 0.6 is 0 Å². The Bertz CT molecular complexity index is 798. The topological polar surface area (TPSA) is 76.5 Å². The predicted molar refractivity (Wildman–Crippen MR) is 84.2 cm³/mol. The van der Waals surface area contributed by atoms with Crippen LogP contribution in [-0.2, 0) is 6.61 Å². The molecule has 0 atom stereocenters. The minimum Gasteiger partial charge on any atom is -0.420 e. The van der Waals surface area contributed by atoms with E-state index < -0.39 is 5.97 Å². The van der Waals surface area contributed by atoms with E-state index in [2.05, 4.69) is 16.8 Å². The first-order valence-electron chi connectivity index (χ1n) is 6.90. The number of aromatic nitrogens is 1. The molecule has 0 aliphatic heterocycles. The molecule has 23 heavy (non-hydrogen) atoms. The van der Waals surface area contributed by atoms with Gasteiger partial charge in [0.25, 0.3) is 0 Å². The fraction of sp³-hybridized carbons (Fsp3) is 0.167. The van der Waals surface area contributed by atoms with Crippen molar-refractivity contribution >= 4 is 12.3 Å². The summed E-state index contributed by atoms with van der Waals surface area (Å²) >= 11 is 0. The van der Waals surface area contributed by atoms with Gasteiger partial charge in [0.05, 0.1) is 23.4 Å². The van der Waals surface area contributed by atoms with Crippen LogP contribution in [-0.4, -0.2) is 22.3 Å². The van der Waals surface area contributed by atoms with Crippen LogP contribution in [0.25, 0.3) is 0 Å². The smallest absolute Gasteiger partial charge is 0.343 e. The fourth-order valence-corrected chi connectivity index (χ4v) is 2.01. The number of benzene rings is 1. The van der Waals surface area contributed by atoms with Gasteiger partial charge in [-0.15, -0.1) is 5.92 Å². The Morgan fingerprint density at radius 1 is 1.35 bits per heavy atom. The van der Waals surface area contributed by atoms with Gasteiger partial charge in [-0.2, -0.15) is 0 Å². The number of nitrogens with zero attached hydrogens (tertiary/aromatic N) is 1. The number of aryl methyl sites for hydroxylation is 1. The molecule has 1 aromatic heterocycles. The molecule has 5 nitrogen and oxygen atoms in total. The lowest BCUT2D eigenvalue weighted by Crippen LogP contribution is -2.12. The summed E-state index contributed by atoms with van der Waals surface area (Å²) in [5, 5.41) is 9.24. The molecule has 5 heteroatoms. The Balaban J connectivity index is 2.32. The highest BCUT2D eigenvalue weighted by Gasteiger charge is 2.17. The Morgan fingerprint density at radius 2 is 2.04 bits per heavy atom. The molecule has 0 spiro atoms. The van der Waals surface area contributed by atoms with Gasteiger partial charge in [0.2, 0.25) is 0 Å². The third-order valence-corrected chi connectivity index (χ3v) is 3.21. The molecule has 0 saturated heterocycles. The van der Waals surface area contributed by atoms with Gasteiger partial charge >= 0.3 is 5.97 Å². The van der Waals surface area contributed by atoms with Gasteiger partial charge in [0.1, 0.15) is 0 Å². The Morgan fingerprint density at radius 3 is 2.61 bits per heavy atom. The first-order valence-corrected chi connectivity index (χ1v) is 6.90. The average Bonchev–Trinajstić information content (AvgIpc) is 2.57. The first-order chi connectivity index (χ1) is 11.1. The zero-order valence-electron chi connectivity index (χ0n) is 12.8. The molecule has 0 radical (unpaired) electrons. The summed E-state index contributed by atoms with van der Waals surface area (Å²) < 4.78 is 5.32. The molecule has 0 bridgehead atoms. The number of esters is 1. The zero-order valence-corrected chi connectivity index (χ0v) is 12.8. The number of aldehydes is 1. The lowest BCUT2D eigenvalue weighted by atomic mass is 10.1. The average molecular weight is 309 g/mol. The van der Waals surface area contributed by atoms with Crippen molar-refractivity contribution in [2.24, 2.45) is 0 Å². The summed E-state index contributed by atoms with van der Waals surface area (Å²) in [6, 6.07) is 6.62. The molecule has 1 heterocycles. The number of carbonyl (C=O) groups is 2. The number of rotatable bonds is 4. The van der Waals surface area contributed by atoms with Gasteiger partial charge in [0.15, 0.2) is 12.0 Å². The second-order valence-electron chi connectivity index (χ2n) is 4.73. The van der Waals surface area contributed by atoms with Crippen LogP contribution in [0.4, 0.5) is 0 Å². The highest BCUT2D eigenvalue weighted by molar-refractivity contribution is 5.93.